The van der Waals surface area contributed by atoms with E-state index in [-0.39, 0.29) is 6.10 Å². The molecule has 13 heteroatoms. The predicted molar refractivity (Wildman–Crippen MR) is 225 cm³/mol. The summed E-state index contributed by atoms with van der Waals surface area (Å²) in [6, 6.07) is 30.3. The number of aliphatic hydroxyl groups excluding tert-OH is 1. The van der Waals surface area contributed by atoms with Crippen LogP contribution in [0.3, 0.4) is 0 Å². The predicted octanol–water partition coefficient (Wildman–Crippen LogP) is 10.2. The van der Waals surface area contributed by atoms with Gasteiger partial charge in [0.25, 0.3) is 0 Å². The van der Waals surface area contributed by atoms with Crippen molar-refractivity contribution in [2.75, 3.05) is 5.32 Å². The maximum absolute atomic E-state index is 9.69. The molecular weight excluding hydrogens is 762 g/mol. The summed E-state index contributed by atoms with van der Waals surface area (Å²) in [5, 5.41) is 17.1. The fourth-order valence-corrected chi connectivity index (χ4v) is 8.39. The summed E-state index contributed by atoms with van der Waals surface area (Å²) in [6.07, 6.45) is 14.4. The number of rotatable bonds is 7. The van der Waals surface area contributed by atoms with E-state index < -0.39 is 0 Å². The van der Waals surface area contributed by atoms with Crippen LogP contribution in [0.1, 0.15) is 31.2 Å². The Morgan fingerprint density at radius 2 is 1.18 bits per heavy atom. The van der Waals surface area contributed by atoms with Gasteiger partial charge in [0.05, 0.1) is 6.10 Å². The highest BCUT2D eigenvalue weighted by Gasteiger charge is 2.21. The standard InChI is InChI=1S/C22H15ClN4S.C21H20ClN5O/c23-19-9-5-4-8-17(19)18-12-16-13-25-22(28-14-15-6-2-1-3-7-15)26-20(16)27-11-10-24-21(18)27;22-18-4-2-1-3-16(18)17-11-13-12-24-21(25-14-5-7-15(28)8-6-14)26-19(13)27-10-9-23-20(17)27/h1-13H,14H2;1-4,9-12,14-15,28H,5-8H2,(H,24,25,26). The molecule has 10 nitrogen and oxygen atoms in total. The lowest BCUT2D eigenvalue weighted by Crippen LogP contribution is -2.28. The van der Waals surface area contributed by atoms with E-state index in [1.807, 2.05) is 106 Å². The van der Waals surface area contributed by atoms with Crippen LogP contribution < -0.4 is 5.32 Å². The van der Waals surface area contributed by atoms with E-state index >= 15 is 0 Å². The van der Waals surface area contributed by atoms with Crippen molar-refractivity contribution in [1.82, 2.24) is 38.7 Å². The summed E-state index contributed by atoms with van der Waals surface area (Å²) in [5.74, 6) is 1.44. The molecule has 6 aromatic heterocycles. The highest BCUT2D eigenvalue weighted by atomic mass is 35.5. The van der Waals surface area contributed by atoms with Crippen molar-refractivity contribution in [2.45, 2.75) is 48.7 Å². The highest BCUT2D eigenvalue weighted by Crippen LogP contribution is 2.35. The number of nitrogens with zero attached hydrogens (tertiary/aromatic N) is 8. The highest BCUT2D eigenvalue weighted by molar-refractivity contribution is 7.98. The second-order valence-corrected chi connectivity index (χ2v) is 15.4. The summed E-state index contributed by atoms with van der Waals surface area (Å²) in [6.45, 7) is 0. The molecule has 0 amide bonds. The van der Waals surface area contributed by atoms with Crippen molar-refractivity contribution in [2.24, 2.45) is 0 Å². The Morgan fingerprint density at radius 1 is 0.625 bits per heavy atom. The van der Waals surface area contributed by atoms with Crippen LogP contribution in [0.15, 0.2) is 133 Å². The first-order valence-corrected chi connectivity index (χ1v) is 20.1. The molecule has 3 aromatic carbocycles. The number of imidazole rings is 2. The van der Waals surface area contributed by atoms with Crippen LogP contribution in [0, 0.1) is 0 Å². The van der Waals surface area contributed by atoms with Gasteiger partial charge in [-0.05, 0) is 55.5 Å². The summed E-state index contributed by atoms with van der Waals surface area (Å²) in [7, 11) is 0. The molecule has 0 bridgehead atoms. The largest absolute Gasteiger partial charge is 0.393 e. The zero-order valence-corrected chi connectivity index (χ0v) is 32.3. The van der Waals surface area contributed by atoms with Gasteiger partial charge in [-0.3, -0.25) is 8.80 Å². The molecular formula is C43H35Cl2N9OS. The van der Waals surface area contributed by atoms with Gasteiger partial charge < -0.3 is 10.4 Å². The normalized spacial score (nSPS) is 15.6. The molecule has 0 spiro atoms. The molecule has 1 aliphatic carbocycles. The molecule has 1 fully saturated rings. The second-order valence-electron chi connectivity index (χ2n) is 13.6. The number of anilines is 1. The van der Waals surface area contributed by atoms with Gasteiger partial charge in [0, 0.05) is 92.0 Å². The van der Waals surface area contributed by atoms with Crippen molar-refractivity contribution >= 4 is 74.3 Å². The van der Waals surface area contributed by atoms with E-state index in [1.165, 1.54) is 5.56 Å². The van der Waals surface area contributed by atoms with E-state index in [2.05, 4.69) is 43.5 Å². The quantitative estimate of drug-likeness (QED) is 0.120. The minimum atomic E-state index is -0.177. The number of halogens is 2. The topological polar surface area (TPSA) is 118 Å². The Morgan fingerprint density at radius 3 is 1.79 bits per heavy atom. The van der Waals surface area contributed by atoms with Crippen LogP contribution >= 0.6 is 35.0 Å². The number of aliphatic hydroxyl groups is 1. The molecule has 2 N–H and O–H groups in total. The van der Waals surface area contributed by atoms with Crippen LogP contribution in [0.25, 0.3) is 55.6 Å². The second kappa shape index (κ2) is 15.9. The lowest BCUT2D eigenvalue weighted by atomic mass is 9.93. The molecule has 10 rings (SSSR count). The molecule has 1 aliphatic rings. The maximum Gasteiger partial charge on any atom is 0.224 e. The third kappa shape index (κ3) is 7.38. The average molecular weight is 797 g/mol. The van der Waals surface area contributed by atoms with Crippen LogP contribution in [-0.2, 0) is 5.75 Å². The summed E-state index contributed by atoms with van der Waals surface area (Å²) >= 11 is 14.5. The molecule has 0 saturated heterocycles. The Labute approximate surface area is 336 Å². The van der Waals surface area contributed by atoms with E-state index in [4.69, 9.17) is 33.2 Å². The van der Waals surface area contributed by atoms with Gasteiger partial charge in [0.15, 0.2) is 10.8 Å². The van der Waals surface area contributed by atoms with E-state index in [1.54, 1.807) is 24.2 Å². The first kappa shape index (κ1) is 36.1. The Kier molecular flexibility index (Phi) is 10.2. The van der Waals surface area contributed by atoms with Crippen LogP contribution in [0.2, 0.25) is 10.0 Å². The summed E-state index contributed by atoms with van der Waals surface area (Å²) in [5.41, 5.74) is 8.34. The molecule has 0 atom stereocenters. The van der Waals surface area contributed by atoms with Crippen molar-refractivity contribution in [3.05, 3.63) is 144 Å². The molecule has 0 radical (unpaired) electrons. The van der Waals surface area contributed by atoms with Crippen LogP contribution in [0.5, 0.6) is 0 Å². The molecule has 278 valence electrons. The first-order chi connectivity index (χ1) is 27.5. The third-order valence-corrected chi connectivity index (χ3v) is 11.5. The number of pyridine rings is 2. The lowest BCUT2D eigenvalue weighted by Gasteiger charge is -2.26. The summed E-state index contributed by atoms with van der Waals surface area (Å²) in [4.78, 5) is 27.7. The SMILES string of the molecule is Clc1ccccc1-c1cc2cnc(SCc3ccccc3)nc2n2ccnc12.OC1CCC(Nc2ncc3cc(-c4ccccc4Cl)c4nccn4c3n2)CC1. The fourth-order valence-electron chi connectivity index (χ4n) is 7.15. The number of hydrogen-bond acceptors (Lipinski definition) is 9. The maximum atomic E-state index is 9.69. The fraction of sp³-hybridized carbons (Fsp3) is 0.163. The number of hydrogen-bond donors (Lipinski definition) is 2. The van der Waals surface area contributed by atoms with E-state index in [0.717, 1.165) is 92.2 Å². The number of fused-ring (bicyclic) bond motifs is 6. The van der Waals surface area contributed by atoms with Crippen LogP contribution in [-0.4, -0.2) is 56.0 Å². The van der Waals surface area contributed by atoms with Crippen molar-refractivity contribution < 1.29 is 5.11 Å². The van der Waals surface area contributed by atoms with Gasteiger partial charge in [-0.15, -0.1) is 0 Å². The molecule has 0 unspecified atom stereocenters. The number of aromatic nitrogens is 8. The smallest absolute Gasteiger partial charge is 0.224 e. The molecule has 0 aliphatic heterocycles. The van der Waals surface area contributed by atoms with Crippen LogP contribution in [0.4, 0.5) is 5.95 Å². The van der Waals surface area contributed by atoms with Crippen molar-refractivity contribution in [1.29, 1.82) is 0 Å². The first-order valence-electron chi connectivity index (χ1n) is 18.4. The molecule has 9 aromatic rings. The monoisotopic (exact) mass is 795 g/mol. The van der Waals surface area contributed by atoms with E-state index in [0.29, 0.717) is 22.0 Å². The summed E-state index contributed by atoms with van der Waals surface area (Å²) < 4.78 is 3.98. The number of nitrogens with one attached hydrogen (secondary N) is 1. The zero-order valence-electron chi connectivity index (χ0n) is 30.0. The Hall–Kier alpha value is -5.59. The van der Waals surface area contributed by atoms with Gasteiger partial charge in [0.1, 0.15) is 16.9 Å². The minimum absolute atomic E-state index is 0.177. The Bertz CT molecular complexity index is 2820. The minimum Gasteiger partial charge on any atom is -0.393 e. The van der Waals surface area contributed by atoms with Gasteiger partial charge in [0.2, 0.25) is 5.95 Å². The van der Waals surface area contributed by atoms with Gasteiger partial charge in [-0.1, -0.05) is 102 Å². The van der Waals surface area contributed by atoms with Gasteiger partial charge >= 0.3 is 0 Å². The zero-order chi connectivity index (χ0) is 38.0. The van der Waals surface area contributed by atoms with Gasteiger partial charge in [-0.25, -0.2) is 24.9 Å². The lowest BCUT2D eigenvalue weighted by molar-refractivity contribution is 0.126. The average Bonchev–Trinajstić information content (AvgIpc) is 3.94. The third-order valence-electron chi connectivity index (χ3n) is 9.96. The molecule has 56 heavy (non-hydrogen) atoms. The van der Waals surface area contributed by atoms with Gasteiger partial charge in [-0.2, -0.15) is 4.98 Å². The number of thioether (sulfide) groups is 1. The molecule has 6 heterocycles. The van der Waals surface area contributed by atoms with E-state index in [9.17, 15) is 5.11 Å². The molecule has 1 saturated carbocycles. The van der Waals surface area contributed by atoms with Crippen molar-refractivity contribution in [3.8, 4) is 22.3 Å². The Balaban J connectivity index is 0.000000146. The van der Waals surface area contributed by atoms with Crippen molar-refractivity contribution in [3.63, 3.8) is 0 Å². The number of benzene rings is 3.